The van der Waals surface area contributed by atoms with E-state index in [4.69, 9.17) is 5.73 Å². The van der Waals surface area contributed by atoms with E-state index in [0.29, 0.717) is 16.2 Å². The second-order valence-electron chi connectivity index (χ2n) is 5.35. The lowest BCUT2D eigenvalue weighted by Gasteiger charge is -2.32. The van der Waals surface area contributed by atoms with E-state index in [1.807, 2.05) is 0 Å². The van der Waals surface area contributed by atoms with Crippen LogP contribution in [0.1, 0.15) is 44.9 Å². The number of H-pyrrole nitrogens is 1. The van der Waals surface area contributed by atoms with Gasteiger partial charge in [0.2, 0.25) is 0 Å². The first kappa shape index (κ1) is 15.8. The SMILES string of the molecule is NCCCN(c1nc[nH]c(=O)c1I)C1CCCCCC1. The Kier molecular flexibility index (Phi) is 6.28. The molecule has 1 aliphatic rings. The third-order valence-corrected chi connectivity index (χ3v) is 4.89. The van der Waals surface area contributed by atoms with E-state index in [1.165, 1.54) is 44.9 Å². The fourth-order valence-corrected chi connectivity index (χ4v) is 3.47. The zero-order chi connectivity index (χ0) is 14.4. The van der Waals surface area contributed by atoms with Gasteiger partial charge in [-0.3, -0.25) is 4.79 Å². The standard InChI is InChI=1S/C14H23IN4O/c15-12-13(17-10-18-14(12)20)19(9-5-8-16)11-6-3-1-2-4-7-11/h10-11H,1-9,16H2,(H,17,18,20). The Balaban J connectivity index is 2.25. The van der Waals surface area contributed by atoms with E-state index in [1.54, 1.807) is 0 Å². The maximum absolute atomic E-state index is 11.8. The molecule has 6 heteroatoms. The van der Waals surface area contributed by atoms with Crippen molar-refractivity contribution in [2.45, 2.75) is 51.0 Å². The maximum Gasteiger partial charge on any atom is 0.266 e. The Hall–Kier alpha value is -0.630. The molecular formula is C14H23IN4O. The first-order valence-electron chi connectivity index (χ1n) is 7.44. The topological polar surface area (TPSA) is 75.0 Å². The third-order valence-electron chi connectivity index (χ3n) is 3.92. The lowest BCUT2D eigenvalue weighted by atomic mass is 10.1. The molecule has 2 rings (SSSR count). The number of anilines is 1. The molecular weight excluding hydrogens is 367 g/mol. The quantitative estimate of drug-likeness (QED) is 0.598. The van der Waals surface area contributed by atoms with Gasteiger partial charge >= 0.3 is 0 Å². The summed E-state index contributed by atoms with van der Waals surface area (Å²) in [4.78, 5) is 21.2. The summed E-state index contributed by atoms with van der Waals surface area (Å²) in [5.74, 6) is 0.828. The molecule has 0 spiro atoms. The van der Waals surface area contributed by atoms with Crippen LogP contribution in [0.4, 0.5) is 5.82 Å². The highest BCUT2D eigenvalue weighted by Crippen LogP contribution is 2.27. The molecule has 1 aromatic heterocycles. The highest BCUT2D eigenvalue weighted by atomic mass is 127. The fourth-order valence-electron chi connectivity index (χ4n) is 2.87. The van der Waals surface area contributed by atoms with Crippen LogP contribution in [0.2, 0.25) is 0 Å². The van der Waals surface area contributed by atoms with E-state index in [0.717, 1.165) is 18.8 Å². The van der Waals surface area contributed by atoms with Gasteiger partial charge in [-0.15, -0.1) is 0 Å². The molecule has 0 bridgehead atoms. The van der Waals surface area contributed by atoms with E-state index >= 15 is 0 Å². The molecule has 1 aromatic rings. The van der Waals surface area contributed by atoms with Crippen LogP contribution in [-0.2, 0) is 0 Å². The molecule has 0 unspecified atom stereocenters. The molecule has 3 N–H and O–H groups in total. The second kappa shape index (κ2) is 7.97. The van der Waals surface area contributed by atoms with Crippen LogP contribution in [0.5, 0.6) is 0 Å². The zero-order valence-electron chi connectivity index (χ0n) is 11.8. The minimum Gasteiger partial charge on any atom is -0.352 e. The van der Waals surface area contributed by atoms with Crippen molar-refractivity contribution < 1.29 is 0 Å². The number of rotatable bonds is 5. The van der Waals surface area contributed by atoms with Gasteiger partial charge in [0, 0.05) is 12.6 Å². The first-order chi connectivity index (χ1) is 9.74. The average molecular weight is 390 g/mol. The fraction of sp³-hybridized carbons (Fsp3) is 0.714. The number of hydrogen-bond donors (Lipinski definition) is 2. The Morgan fingerprint density at radius 3 is 2.70 bits per heavy atom. The summed E-state index contributed by atoms with van der Waals surface area (Å²) in [5.41, 5.74) is 5.61. The highest BCUT2D eigenvalue weighted by Gasteiger charge is 2.23. The van der Waals surface area contributed by atoms with E-state index < -0.39 is 0 Å². The van der Waals surface area contributed by atoms with Crippen LogP contribution in [-0.4, -0.2) is 29.1 Å². The monoisotopic (exact) mass is 390 g/mol. The predicted molar refractivity (Wildman–Crippen MR) is 90.1 cm³/mol. The van der Waals surface area contributed by atoms with Crippen molar-refractivity contribution in [1.29, 1.82) is 0 Å². The third kappa shape index (κ3) is 3.94. The summed E-state index contributed by atoms with van der Waals surface area (Å²) in [6.45, 7) is 1.55. The molecule has 112 valence electrons. The van der Waals surface area contributed by atoms with Crippen molar-refractivity contribution in [3.05, 3.63) is 20.3 Å². The van der Waals surface area contributed by atoms with Gasteiger partial charge < -0.3 is 15.6 Å². The number of nitrogens with zero attached hydrogens (tertiary/aromatic N) is 2. The molecule has 0 atom stereocenters. The van der Waals surface area contributed by atoms with Crippen LogP contribution in [0.15, 0.2) is 11.1 Å². The van der Waals surface area contributed by atoms with Gasteiger partial charge in [0.15, 0.2) is 0 Å². The lowest BCUT2D eigenvalue weighted by Crippen LogP contribution is -2.39. The van der Waals surface area contributed by atoms with Crippen molar-refractivity contribution in [3.8, 4) is 0 Å². The smallest absolute Gasteiger partial charge is 0.266 e. The Morgan fingerprint density at radius 1 is 1.35 bits per heavy atom. The average Bonchev–Trinajstić information content (AvgIpc) is 2.73. The number of aromatic nitrogens is 2. The van der Waals surface area contributed by atoms with Gasteiger partial charge in [-0.05, 0) is 48.4 Å². The van der Waals surface area contributed by atoms with Crippen LogP contribution >= 0.6 is 22.6 Å². The van der Waals surface area contributed by atoms with E-state index in [2.05, 4.69) is 37.5 Å². The molecule has 0 aromatic carbocycles. The molecule has 0 saturated heterocycles. The molecule has 1 saturated carbocycles. The predicted octanol–water partition coefficient (Wildman–Crippen LogP) is 2.25. The Labute approximate surface area is 133 Å². The van der Waals surface area contributed by atoms with Gasteiger partial charge in [0.25, 0.3) is 5.56 Å². The summed E-state index contributed by atoms with van der Waals surface area (Å²) >= 11 is 2.10. The lowest BCUT2D eigenvalue weighted by molar-refractivity contribution is 0.513. The molecule has 1 fully saturated rings. The second-order valence-corrected chi connectivity index (χ2v) is 6.43. The first-order valence-corrected chi connectivity index (χ1v) is 8.52. The van der Waals surface area contributed by atoms with Crippen molar-refractivity contribution in [2.24, 2.45) is 5.73 Å². The molecule has 1 aliphatic carbocycles. The Bertz CT molecular complexity index is 468. The van der Waals surface area contributed by atoms with Crippen molar-refractivity contribution in [3.63, 3.8) is 0 Å². The minimum atomic E-state index is -0.0537. The number of halogens is 1. The molecule has 0 aliphatic heterocycles. The van der Waals surface area contributed by atoms with Gasteiger partial charge in [-0.2, -0.15) is 0 Å². The van der Waals surface area contributed by atoms with Crippen LogP contribution in [0.3, 0.4) is 0 Å². The van der Waals surface area contributed by atoms with Crippen molar-refractivity contribution in [1.82, 2.24) is 9.97 Å². The molecule has 20 heavy (non-hydrogen) atoms. The normalized spacial score (nSPS) is 16.9. The van der Waals surface area contributed by atoms with Gasteiger partial charge in [0.05, 0.1) is 6.33 Å². The molecule has 0 amide bonds. The number of aromatic amines is 1. The maximum atomic E-state index is 11.8. The summed E-state index contributed by atoms with van der Waals surface area (Å²) in [7, 11) is 0. The summed E-state index contributed by atoms with van der Waals surface area (Å²) in [6.07, 6.45) is 9.99. The zero-order valence-corrected chi connectivity index (χ0v) is 13.9. The molecule has 0 radical (unpaired) electrons. The summed E-state index contributed by atoms with van der Waals surface area (Å²) < 4.78 is 0.686. The van der Waals surface area contributed by atoms with Crippen molar-refractivity contribution in [2.75, 3.05) is 18.0 Å². The van der Waals surface area contributed by atoms with Gasteiger partial charge in [-0.1, -0.05) is 25.7 Å². The highest BCUT2D eigenvalue weighted by molar-refractivity contribution is 14.1. The number of nitrogens with two attached hydrogens (primary N) is 1. The van der Waals surface area contributed by atoms with Gasteiger partial charge in [-0.25, -0.2) is 4.98 Å². The van der Waals surface area contributed by atoms with E-state index in [9.17, 15) is 4.79 Å². The largest absolute Gasteiger partial charge is 0.352 e. The summed E-state index contributed by atoms with van der Waals surface area (Å²) in [6, 6.07) is 0.492. The minimum absolute atomic E-state index is 0.0537. The molecule has 5 nitrogen and oxygen atoms in total. The van der Waals surface area contributed by atoms with Crippen LogP contribution < -0.4 is 16.2 Å². The van der Waals surface area contributed by atoms with E-state index in [-0.39, 0.29) is 5.56 Å². The molecule has 1 heterocycles. The number of nitrogens with one attached hydrogen (secondary N) is 1. The van der Waals surface area contributed by atoms with Crippen LogP contribution in [0.25, 0.3) is 0 Å². The Morgan fingerprint density at radius 2 is 2.05 bits per heavy atom. The van der Waals surface area contributed by atoms with Crippen molar-refractivity contribution >= 4 is 28.4 Å². The van der Waals surface area contributed by atoms with Gasteiger partial charge in [0.1, 0.15) is 9.39 Å². The summed E-state index contributed by atoms with van der Waals surface area (Å²) in [5, 5.41) is 0. The number of hydrogen-bond acceptors (Lipinski definition) is 4. The van der Waals surface area contributed by atoms with Crippen LogP contribution in [0, 0.1) is 3.57 Å².